The first-order valence-electron chi connectivity index (χ1n) is 24.6. The first-order valence-corrected chi connectivity index (χ1v) is 25.8. The van der Waals surface area contributed by atoms with Crippen LogP contribution >= 0.6 is 25.3 Å². The Morgan fingerprint density at radius 3 is 1.42 bits per heavy atom. The third kappa shape index (κ3) is 22.5. The Hall–Kier alpha value is -7.21. The van der Waals surface area contributed by atoms with E-state index in [9.17, 15) is 72.9 Å². The number of rotatable bonds is 16. The molecule has 1 aliphatic heterocycles. The second-order valence-electron chi connectivity index (χ2n) is 18.8. The highest BCUT2D eigenvalue weighted by atomic mass is 32.1. The van der Waals surface area contributed by atoms with Gasteiger partial charge in [0.05, 0.1) is 12.5 Å². The van der Waals surface area contributed by atoms with Gasteiger partial charge in [0.25, 0.3) is 0 Å². The Bertz CT molecular complexity index is 2310. The molecule has 0 unspecified atom stereocenters. The van der Waals surface area contributed by atoms with Crippen molar-refractivity contribution in [2.24, 2.45) is 28.3 Å². The van der Waals surface area contributed by atoms with E-state index in [0.29, 0.717) is 5.56 Å². The Morgan fingerprint density at radius 1 is 0.532 bits per heavy atom. The number of nitrogens with one attached hydrogen (secondary N) is 10. The SMILES string of the molecule is CC(C)[C@@H]1NC(=O)[C@H](CCCN=C(N)N)NC(=O)[C@H](Cc2ccccc2)NC(=O)[C@H](C(C)C)NC(=O)[C@H](CS)NC(=O)[C@H](CS)NC(=O)[C@H]([C@@H](C)O)NC(=O)[C@H](CCC(=O)O)NC(=O)[C@H](C)NC(=O)[C@H](CC(=O)O)NC1=O. The predicted molar refractivity (Wildman–Crippen MR) is 283 cm³/mol. The van der Waals surface area contributed by atoms with Crippen molar-refractivity contribution in [1.29, 1.82) is 0 Å². The number of carboxylic acids is 2. The van der Waals surface area contributed by atoms with Crippen LogP contribution in [0.25, 0.3) is 0 Å². The quantitative estimate of drug-likeness (QED) is 0.0319. The zero-order chi connectivity index (χ0) is 58.3. The highest BCUT2D eigenvalue weighted by molar-refractivity contribution is 7.80. The summed E-state index contributed by atoms with van der Waals surface area (Å²) in [6.45, 7) is 8.36. The Kier molecular flexibility index (Phi) is 27.7. The monoisotopic (exact) mass is 1120 g/mol. The van der Waals surface area contributed by atoms with Crippen LogP contribution < -0.4 is 64.6 Å². The third-order valence-corrected chi connectivity index (χ3v) is 12.5. The zero-order valence-electron chi connectivity index (χ0n) is 43.5. The van der Waals surface area contributed by atoms with E-state index < -0.39 is 174 Å². The van der Waals surface area contributed by atoms with Gasteiger partial charge in [-0.25, -0.2) is 0 Å². The number of guanidine groups is 1. The number of carboxylic acid groups (broad SMARTS) is 2. The molecule has 10 amide bonds. The molecule has 1 aromatic carbocycles. The molecule has 1 heterocycles. The van der Waals surface area contributed by atoms with Crippen molar-refractivity contribution in [2.75, 3.05) is 18.1 Å². The molecule has 0 aliphatic carbocycles. The average molecular weight is 1120 g/mol. The summed E-state index contributed by atoms with van der Waals surface area (Å²) in [6.07, 6.45) is -4.32. The molecular weight excluding hydrogens is 1050 g/mol. The van der Waals surface area contributed by atoms with Crippen LogP contribution in [0.2, 0.25) is 0 Å². The summed E-state index contributed by atoms with van der Waals surface area (Å²) >= 11 is 8.36. The minimum Gasteiger partial charge on any atom is -0.481 e. The molecule has 0 saturated carbocycles. The van der Waals surface area contributed by atoms with Crippen LogP contribution in [0, 0.1) is 11.8 Å². The van der Waals surface area contributed by atoms with E-state index >= 15 is 0 Å². The molecule has 28 nitrogen and oxygen atoms in total. The summed E-state index contributed by atoms with van der Waals surface area (Å²) in [5.74, 6) is -16.0. The van der Waals surface area contributed by atoms with E-state index in [0.717, 1.165) is 13.8 Å². The number of nitrogens with zero attached hydrogens (tertiary/aromatic N) is 1. The standard InChI is InChI=1S/C47H73N13O15S2/c1-21(2)34-45(74)55-29(18-33(64)65)40(69)51-23(5)37(66)52-27(14-15-32(62)63)39(68)60-36(24(6)61)46(75)57-30(19-76)42(71)56-31(20-77)43(72)59-35(22(3)4)44(73)54-28(17-25-11-8-7-9-12-25)41(70)53-26(38(67)58-34)13-10-16-50-47(48)49/h7-9,11-12,21-24,26-31,34-36,61,76-77H,10,13-20H2,1-6H3,(H,51,69)(H,52,66)(H,53,70)(H,54,73)(H,55,74)(H,56,71)(H,57,75)(H,58,67)(H,59,72)(H,60,68)(H,62,63)(H,64,65)(H4,48,49,50)/t23-,24+,26-,27-,28-,29-,30-,31-,34-,35-,36-/m0/s1. The van der Waals surface area contributed by atoms with Crippen LogP contribution in [0.5, 0.6) is 0 Å². The molecule has 1 saturated heterocycles. The van der Waals surface area contributed by atoms with E-state index in [4.69, 9.17) is 11.5 Å². The maximum absolute atomic E-state index is 14.4. The number of thiol groups is 2. The molecule has 30 heteroatoms. The molecule has 1 aliphatic rings. The number of carbonyl (C=O) groups is 12. The van der Waals surface area contributed by atoms with Gasteiger partial charge in [-0.1, -0.05) is 58.0 Å². The van der Waals surface area contributed by atoms with Crippen molar-refractivity contribution in [2.45, 2.75) is 147 Å². The summed E-state index contributed by atoms with van der Waals surface area (Å²) < 4.78 is 0. The molecule has 77 heavy (non-hydrogen) atoms. The molecule has 1 aromatic rings. The molecular formula is C47H73N13O15S2. The fourth-order valence-corrected chi connectivity index (χ4v) is 7.90. The number of amides is 10. The molecule has 428 valence electrons. The lowest BCUT2D eigenvalue weighted by molar-refractivity contribution is -0.142. The summed E-state index contributed by atoms with van der Waals surface area (Å²) in [5, 5.41) is 53.9. The van der Waals surface area contributed by atoms with Crippen molar-refractivity contribution in [1.82, 2.24) is 53.2 Å². The molecule has 0 bridgehead atoms. The molecule has 11 atom stereocenters. The Labute approximate surface area is 455 Å². The van der Waals surface area contributed by atoms with Gasteiger partial charge < -0.3 is 80.0 Å². The molecule has 1 fully saturated rings. The number of hydrogen-bond donors (Lipinski definition) is 17. The second-order valence-corrected chi connectivity index (χ2v) is 19.5. The largest absolute Gasteiger partial charge is 0.481 e. The zero-order valence-corrected chi connectivity index (χ0v) is 45.3. The van der Waals surface area contributed by atoms with Crippen molar-refractivity contribution < 1.29 is 72.9 Å². The van der Waals surface area contributed by atoms with Gasteiger partial charge in [-0.2, -0.15) is 25.3 Å². The van der Waals surface area contributed by atoms with Gasteiger partial charge in [-0.15, -0.1) is 0 Å². The Balaban J connectivity index is 2.80. The van der Waals surface area contributed by atoms with Crippen molar-refractivity contribution in [3.05, 3.63) is 35.9 Å². The van der Waals surface area contributed by atoms with Gasteiger partial charge in [0.15, 0.2) is 5.96 Å². The highest BCUT2D eigenvalue weighted by Crippen LogP contribution is 2.12. The first kappa shape index (κ1) is 65.9. The number of aliphatic hydroxyl groups excluding tert-OH is 1. The van der Waals surface area contributed by atoms with Crippen molar-refractivity contribution in [3.63, 3.8) is 0 Å². The number of aliphatic imine (C=N–C) groups is 1. The molecule has 0 spiro atoms. The third-order valence-electron chi connectivity index (χ3n) is 11.7. The molecule has 0 aromatic heterocycles. The lowest BCUT2D eigenvalue weighted by atomic mass is 9.99. The number of carbonyl (C=O) groups excluding carboxylic acids is 10. The van der Waals surface area contributed by atoms with Gasteiger partial charge in [0.1, 0.15) is 60.4 Å². The normalized spacial score (nSPS) is 25.9. The van der Waals surface area contributed by atoms with Crippen LogP contribution in [0.1, 0.15) is 79.2 Å². The molecule has 0 radical (unpaired) electrons. The van der Waals surface area contributed by atoms with Crippen LogP contribution in [0.3, 0.4) is 0 Å². The minimum atomic E-state index is -1.91. The van der Waals surface area contributed by atoms with E-state index in [-0.39, 0.29) is 37.5 Å². The van der Waals surface area contributed by atoms with E-state index in [1.54, 1.807) is 44.2 Å². The van der Waals surface area contributed by atoms with Crippen LogP contribution in [-0.2, 0) is 64.0 Å². The molecule has 17 N–H and O–H groups in total. The average Bonchev–Trinajstić information content (AvgIpc) is 3.35. The van der Waals surface area contributed by atoms with Crippen LogP contribution in [0.15, 0.2) is 35.3 Å². The van der Waals surface area contributed by atoms with Gasteiger partial charge in [-0.3, -0.25) is 62.5 Å². The fourth-order valence-electron chi connectivity index (χ4n) is 7.38. The summed E-state index contributed by atoms with van der Waals surface area (Å²) in [7, 11) is 0. The maximum atomic E-state index is 14.4. The Morgan fingerprint density at radius 2 is 0.935 bits per heavy atom. The van der Waals surface area contributed by atoms with Crippen molar-refractivity contribution in [3.8, 4) is 0 Å². The minimum absolute atomic E-state index is 0.0181. The first-order chi connectivity index (χ1) is 36.1. The van der Waals surface area contributed by atoms with E-state index in [2.05, 4.69) is 83.4 Å². The summed E-state index contributed by atoms with van der Waals surface area (Å²) in [6, 6.07) is -7.59. The van der Waals surface area contributed by atoms with Crippen molar-refractivity contribution >= 4 is 102 Å². The summed E-state index contributed by atoms with van der Waals surface area (Å²) in [4.78, 5) is 166. The number of nitrogens with two attached hydrogens (primary N) is 2. The highest BCUT2D eigenvalue weighted by Gasteiger charge is 2.38. The second kappa shape index (κ2) is 32.4. The smallest absolute Gasteiger partial charge is 0.305 e. The van der Waals surface area contributed by atoms with E-state index in [1.807, 2.05) is 0 Å². The van der Waals surface area contributed by atoms with Crippen LogP contribution in [0.4, 0.5) is 0 Å². The maximum Gasteiger partial charge on any atom is 0.305 e. The van der Waals surface area contributed by atoms with Gasteiger partial charge in [0, 0.05) is 30.9 Å². The number of aliphatic hydroxyl groups is 1. The van der Waals surface area contributed by atoms with Gasteiger partial charge in [-0.05, 0) is 50.5 Å². The summed E-state index contributed by atoms with van der Waals surface area (Å²) in [5.41, 5.74) is 11.6. The number of aliphatic carboxylic acids is 2. The van der Waals surface area contributed by atoms with E-state index in [1.165, 1.54) is 13.8 Å². The lowest BCUT2D eigenvalue weighted by Gasteiger charge is -2.30. The number of benzene rings is 1. The van der Waals surface area contributed by atoms with Crippen LogP contribution in [-0.4, -0.2) is 177 Å². The fraction of sp³-hybridized carbons (Fsp3) is 0.596. The van der Waals surface area contributed by atoms with Gasteiger partial charge >= 0.3 is 11.9 Å². The topological polar surface area (TPSA) is 450 Å². The van der Waals surface area contributed by atoms with Gasteiger partial charge in [0.2, 0.25) is 59.1 Å². The molecule has 2 rings (SSSR count). The lowest BCUT2D eigenvalue weighted by Crippen LogP contribution is -2.63. The predicted octanol–water partition coefficient (Wildman–Crippen LogP) is -4.94. The number of hydrogen-bond acceptors (Lipinski definition) is 16.